The lowest BCUT2D eigenvalue weighted by Gasteiger charge is -2.18. The Kier molecular flexibility index (Phi) is 3.33. The van der Waals surface area contributed by atoms with E-state index >= 15 is 0 Å². The number of nitrogens with one attached hydrogen (secondary N) is 1. The van der Waals surface area contributed by atoms with Crippen molar-refractivity contribution in [3.05, 3.63) is 34.9 Å². The number of nitrogens with two attached hydrogens (primary N) is 1. The molecule has 1 saturated carbocycles. The summed E-state index contributed by atoms with van der Waals surface area (Å²) in [6, 6.07) is 2.56. The van der Waals surface area contributed by atoms with E-state index in [1.807, 2.05) is 0 Å². The Morgan fingerprint density at radius 2 is 1.95 bits per heavy atom. The van der Waals surface area contributed by atoms with Gasteiger partial charge in [0.1, 0.15) is 5.60 Å². The maximum absolute atomic E-state index is 12.7. The van der Waals surface area contributed by atoms with Crippen molar-refractivity contribution in [3.63, 3.8) is 0 Å². The zero-order chi connectivity index (χ0) is 15.1. The Bertz CT molecular complexity index is 577. The molecule has 2 rings (SSSR count). The molecule has 20 heavy (non-hydrogen) atoms. The lowest BCUT2D eigenvalue weighted by molar-refractivity contribution is -0.137. The Hall–Kier alpha value is -1.89. The van der Waals surface area contributed by atoms with Gasteiger partial charge in [0.15, 0.2) is 0 Å². The number of halogens is 3. The highest BCUT2D eigenvalue weighted by Crippen LogP contribution is 2.43. The first-order valence-electron chi connectivity index (χ1n) is 5.87. The van der Waals surface area contributed by atoms with Gasteiger partial charge < -0.3 is 15.9 Å². The maximum Gasteiger partial charge on any atom is 0.416 e. The van der Waals surface area contributed by atoms with E-state index in [-0.39, 0.29) is 16.8 Å². The lowest BCUT2D eigenvalue weighted by atomic mass is 9.95. The number of primary amides is 1. The molecule has 0 heterocycles. The van der Waals surface area contributed by atoms with Crippen LogP contribution in [0.1, 0.15) is 34.3 Å². The third-order valence-electron chi connectivity index (χ3n) is 3.43. The summed E-state index contributed by atoms with van der Waals surface area (Å²) in [6.07, 6.45) is -3.47. The van der Waals surface area contributed by atoms with Crippen molar-refractivity contribution in [3.8, 4) is 0 Å². The highest BCUT2D eigenvalue weighted by atomic mass is 19.4. The van der Waals surface area contributed by atoms with Crippen LogP contribution < -0.4 is 5.73 Å². The number of carbonyl (C=O) groups is 1. The summed E-state index contributed by atoms with van der Waals surface area (Å²) in [5, 5.41) is 8.03. The summed E-state index contributed by atoms with van der Waals surface area (Å²) < 4.78 is 43.4. The zero-order valence-electron chi connectivity index (χ0n) is 10.7. The smallest absolute Gasteiger partial charge is 0.372 e. The summed E-state index contributed by atoms with van der Waals surface area (Å²) in [4.78, 5) is 11.3. The average molecular weight is 286 g/mol. The standard InChI is InChI=1S/C13H13F3N2O2/c1-20-12(4-5-12)10(17)9-6-7(13(14,15)16)2-3-8(9)11(18)19/h2-3,6,17H,4-5H2,1H3,(H2,18,19). The summed E-state index contributed by atoms with van der Waals surface area (Å²) in [7, 11) is 1.39. The second kappa shape index (κ2) is 4.59. The fraction of sp³-hybridized carbons (Fsp3) is 0.385. The first kappa shape index (κ1) is 14.5. The molecule has 0 aromatic heterocycles. The van der Waals surface area contributed by atoms with Crippen molar-refractivity contribution in [1.29, 1.82) is 5.41 Å². The van der Waals surface area contributed by atoms with Gasteiger partial charge in [-0.05, 0) is 31.0 Å². The van der Waals surface area contributed by atoms with E-state index in [0.717, 1.165) is 18.2 Å². The molecule has 0 radical (unpaired) electrons. The maximum atomic E-state index is 12.7. The van der Waals surface area contributed by atoms with Gasteiger partial charge in [0.25, 0.3) is 0 Å². The molecular weight excluding hydrogens is 273 g/mol. The van der Waals surface area contributed by atoms with E-state index in [9.17, 15) is 18.0 Å². The van der Waals surface area contributed by atoms with Gasteiger partial charge in [-0.3, -0.25) is 4.79 Å². The molecule has 1 aliphatic rings. The first-order valence-corrected chi connectivity index (χ1v) is 5.87. The third kappa shape index (κ3) is 2.40. The molecule has 3 N–H and O–H groups in total. The van der Waals surface area contributed by atoms with Crippen molar-refractivity contribution >= 4 is 11.6 Å². The minimum atomic E-state index is -4.55. The fourth-order valence-corrected chi connectivity index (χ4v) is 2.06. The highest BCUT2D eigenvalue weighted by Gasteiger charge is 2.48. The van der Waals surface area contributed by atoms with Gasteiger partial charge in [-0.15, -0.1) is 0 Å². The SMILES string of the molecule is COC1(C(=N)c2cc(C(F)(F)F)ccc2C(N)=O)CC1. The molecular formula is C13H13F3N2O2. The van der Waals surface area contributed by atoms with Gasteiger partial charge in [-0.1, -0.05) is 0 Å². The van der Waals surface area contributed by atoms with Gasteiger partial charge in [-0.2, -0.15) is 13.2 Å². The summed E-state index contributed by atoms with van der Waals surface area (Å²) in [6.45, 7) is 0. The molecule has 7 heteroatoms. The number of rotatable bonds is 4. The van der Waals surface area contributed by atoms with E-state index in [1.54, 1.807) is 0 Å². The second-order valence-corrected chi connectivity index (χ2v) is 4.70. The molecule has 1 aromatic carbocycles. The molecule has 0 aliphatic heterocycles. The summed E-state index contributed by atoms with van der Waals surface area (Å²) in [5.74, 6) is -0.870. The zero-order valence-corrected chi connectivity index (χ0v) is 10.7. The molecule has 0 saturated heterocycles. The van der Waals surface area contributed by atoms with E-state index in [4.69, 9.17) is 15.9 Å². The minimum absolute atomic E-state index is 0.105. The van der Waals surface area contributed by atoms with Gasteiger partial charge in [-0.25, -0.2) is 0 Å². The molecule has 1 aromatic rings. The predicted octanol–water partition coefficient (Wildman–Crippen LogP) is 2.35. The molecule has 108 valence electrons. The number of hydrogen-bond donors (Lipinski definition) is 2. The molecule has 0 unspecified atom stereocenters. The molecule has 0 bridgehead atoms. The van der Waals surface area contributed by atoms with Crippen LogP contribution in [0.25, 0.3) is 0 Å². The van der Waals surface area contributed by atoms with Gasteiger partial charge in [0, 0.05) is 18.2 Å². The van der Waals surface area contributed by atoms with Crippen molar-refractivity contribution in [2.45, 2.75) is 24.6 Å². The van der Waals surface area contributed by atoms with E-state index in [0.29, 0.717) is 12.8 Å². The van der Waals surface area contributed by atoms with Crippen LogP contribution in [0, 0.1) is 5.41 Å². The van der Waals surface area contributed by atoms with Crippen LogP contribution in [0.15, 0.2) is 18.2 Å². The Labute approximate surface area is 113 Å². The summed E-state index contributed by atoms with van der Waals surface area (Å²) in [5.41, 5.74) is 2.98. The largest absolute Gasteiger partial charge is 0.416 e. The molecule has 1 fully saturated rings. The van der Waals surface area contributed by atoms with Gasteiger partial charge in [0.2, 0.25) is 5.91 Å². The minimum Gasteiger partial charge on any atom is -0.372 e. The predicted molar refractivity (Wildman–Crippen MR) is 65.8 cm³/mol. The number of ether oxygens (including phenoxy) is 1. The van der Waals surface area contributed by atoms with Crippen molar-refractivity contribution in [2.24, 2.45) is 5.73 Å². The van der Waals surface area contributed by atoms with Crippen LogP contribution in [0.5, 0.6) is 0 Å². The highest BCUT2D eigenvalue weighted by molar-refractivity contribution is 6.13. The number of methoxy groups -OCH3 is 1. The number of carbonyl (C=O) groups excluding carboxylic acids is 1. The van der Waals surface area contributed by atoms with Crippen LogP contribution in [-0.4, -0.2) is 24.3 Å². The Morgan fingerprint density at radius 3 is 2.35 bits per heavy atom. The number of amides is 1. The van der Waals surface area contributed by atoms with Crippen LogP contribution >= 0.6 is 0 Å². The monoisotopic (exact) mass is 286 g/mol. The van der Waals surface area contributed by atoms with Gasteiger partial charge in [0.05, 0.1) is 11.3 Å². The molecule has 0 spiro atoms. The first-order chi connectivity index (χ1) is 9.21. The van der Waals surface area contributed by atoms with Gasteiger partial charge >= 0.3 is 6.18 Å². The summed E-state index contributed by atoms with van der Waals surface area (Å²) >= 11 is 0. The second-order valence-electron chi connectivity index (χ2n) is 4.70. The Morgan fingerprint density at radius 1 is 1.35 bits per heavy atom. The Balaban J connectivity index is 2.53. The number of alkyl halides is 3. The van der Waals surface area contributed by atoms with Crippen LogP contribution in [0.3, 0.4) is 0 Å². The topological polar surface area (TPSA) is 76.2 Å². The van der Waals surface area contributed by atoms with Crippen LogP contribution in [0.4, 0.5) is 13.2 Å². The third-order valence-corrected chi connectivity index (χ3v) is 3.43. The van der Waals surface area contributed by atoms with E-state index in [1.165, 1.54) is 7.11 Å². The van der Waals surface area contributed by atoms with Crippen LogP contribution in [-0.2, 0) is 10.9 Å². The van der Waals surface area contributed by atoms with Crippen molar-refractivity contribution in [2.75, 3.05) is 7.11 Å². The molecule has 1 aliphatic carbocycles. The molecule has 1 amide bonds. The number of benzene rings is 1. The van der Waals surface area contributed by atoms with Crippen molar-refractivity contribution < 1.29 is 22.7 Å². The molecule has 4 nitrogen and oxygen atoms in total. The lowest BCUT2D eigenvalue weighted by Crippen LogP contribution is -2.28. The van der Waals surface area contributed by atoms with E-state index < -0.39 is 23.2 Å². The molecule has 0 atom stereocenters. The van der Waals surface area contributed by atoms with Crippen LogP contribution in [0.2, 0.25) is 0 Å². The quantitative estimate of drug-likeness (QED) is 0.833. The van der Waals surface area contributed by atoms with E-state index in [2.05, 4.69) is 0 Å². The number of hydrogen-bond acceptors (Lipinski definition) is 3. The van der Waals surface area contributed by atoms with Crippen molar-refractivity contribution in [1.82, 2.24) is 0 Å². The normalized spacial score (nSPS) is 16.8. The average Bonchev–Trinajstić information content (AvgIpc) is 3.17. The fourth-order valence-electron chi connectivity index (χ4n) is 2.06.